The Morgan fingerprint density at radius 1 is 1.36 bits per heavy atom. The number of hydrogen-bond donors (Lipinski definition) is 2. The minimum atomic E-state index is 0.565. The lowest BCUT2D eigenvalue weighted by atomic mass is 10.2. The molecule has 72 valence electrons. The number of benzene rings is 1. The maximum Gasteiger partial charge on any atom is 0.184 e. The Balaban J connectivity index is 1.89. The highest BCUT2D eigenvalue weighted by Gasteiger charge is 2.17. The lowest BCUT2D eigenvalue weighted by Crippen LogP contribution is -2.51. The van der Waals surface area contributed by atoms with Crippen molar-refractivity contribution < 1.29 is 0 Å². The van der Waals surface area contributed by atoms with Crippen LogP contribution in [0.4, 0.5) is 5.13 Å². The first-order valence-corrected chi connectivity index (χ1v) is 5.56. The molecule has 0 radical (unpaired) electrons. The molecule has 3 rings (SSSR count). The number of nitrogens with zero attached hydrogens (tertiary/aromatic N) is 1. The van der Waals surface area contributed by atoms with Gasteiger partial charge in [0.1, 0.15) is 0 Å². The molecular formula is C10H11N3S. The first kappa shape index (κ1) is 8.20. The number of thiazole rings is 1. The van der Waals surface area contributed by atoms with E-state index in [-0.39, 0.29) is 0 Å². The zero-order chi connectivity index (χ0) is 9.38. The summed E-state index contributed by atoms with van der Waals surface area (Å²) in [5.74, 6) is 0. The summed E-state index contributed by atoms with van der Waals surface area (Å²) >= 11 is 1.72. The van der Waals surface area contributed by atoms with Gasteiger partial charge in [-0.1, -0.05) is 23.5 Å². The Kier molecular flexibility index (Phi) is 1.89. The summed E-state index contributed by atoms with van der Waals surface area (Å²) in [5, 5.41) is 7.68. The zero-order valence-electron chi connectivity index (χ0n) is 7.66. The molecule has 0 atom stereocenters. The molecule has 0 bridgehead atoms. The average Bonchev–Trinajstić information content (AvgIpc) is 2.53. The fourth-order valence-corrected chi connectivity index (χ4v) is 2.44. The quantitative estimate of drug-likeness (QED) is 0.783. The zero-order valence-corrected chi connectivity index (χ0v) is 8.47. The second kappa shape index (κ2) is 3.22. The average molecular weight is 205 g/mol. The van der Waals surface area contributed by atoms with Gasteiger partial charge in [0.2, 0.25) is 0 Å². The minimum Gasteiger partial charge on any atom is -0.356 e. The third kappa shape index (κ3) is 1.36. The van der Waals surface area contributed by atoms with E-state index in [2.05, 4.69) is 33.8 Å². The maximum atomic E-state index is 4.51. The van der Waals surface area contributed by atoms with Gasteiger partial charge >= 0.3 is 0 Å². The van der Waals surface area contributed by atoms with Gasteiger partial charge in [-0.3, -0.25) is 0 Å². The van der Waals surface area contributed by atoms with Gasteiger partial charge in [0.05, 0.1) is 16.3 Å². The van der Waals surface area contributed by atoms with Crippen LogP contribution in [0.2, 0.25) is 0 Å². The van der Waals surface area contributed by atoms with Gasteiger partial charge in [0.25, 0.3) is 0 Å². The van der Waals surface area contributed by atoms with E-state index in [4.69, 9.17) is 0 Å². The molecule has 1 aliphatic heterocycles. The van der Waals surface area contributed by atoms with E-state index < -0.39 is 0 Å². The molecule has 0 unspecified atom stereocenters. The Morgan fingerprint density at radius 3 is 2.93 bits per heavy atom. The van der Waals surface area contributed by atoms with Crippen molar-refractivity contribution in [1.82, 2.24) is 10.3 Å². The smallest absolute Gasteiger partial charge is 0.184 e. The highest BCUT2D eigenvalue weighted by atomic mass is 32.1. The van der Waals surface area contributed by atoms with Crippen molar-refractivity contribution in [3.8, 4) is 0 Å². The van der Waals surface area contributed by atoms with E-state index in [1.165, 1.54) is 4.70 Å². The van der Waals surface area contributed by atoms with Crippen molar-refractivity contribution in [2.24, 2.45) is 0 Å². The highest BCUT2D eigenvalue weighted by molar-refractivity contribution is 7.22. The summed E-state index contributed by atoms with van der Waals surface area (Å²) in [6.45, 7) is 2.10. The van der Waals surface area contributed by atoms with Gasteiger partial charge < -0.3 is 10.6 Å². The number of para-hydroxylation sites is 1. The van der Waals surface area contributed by atoms with Crippen LogP contribution in [-0.4, -0.2) is 24.1 Å². The third-order valence-electron chi connectivity index (χ3n) is 2.40. The Labute approximate surface area is 86.2 Å². The molecule has 1 fully saturated rings. The predicted octanol–water partition coefficient (Wildman–Crippen LogP) is 1.68. The summed E-state index contributed by atoms with van der Waals surface area (Å²) in [6, 6.07) is 8.80. The third-order valence-corrected chi connectivity index (χ3v) is 3.37. The van der Waals surface area contributed by atoms with E-state index in [0.29, 0.717) is 6.04 Å². The van der Waals surface area contributed by atoms with Crippen molar-refractivity contribution in [2.45, 2.75) is 6.04 Å². The summed E-state index contributed by atoms with van der Waals surface area (Å²) < 4.78 is 1.25. The molecule has 1 saturated heterocycles. The molecule has 2 N–H and O–H groups in total. The van der Waals surface area contributed by atoms with Gasteiger partial charge in [-0.2, -0.15) is 0 Å². The van der Waals surface area contributed by atoms with Crippen LogP contribution in [0.15, 0.2) is 24.3 Å². The molecule has 1 aromatic carbocycles. The highest BCUT2D eigenvalue weighted by Crippen LogP contribution is 2.25. The minimum absolute atomic E-state index is 0.565. The molecule has 0 saturated carbocycles. The predicted molar refractivity (Wildman–Crippen MR) is 59.9 cm³/mol. The van der Waals surface area contributed by atoms with Crippen LogP contribution < -0.4 is 10.6 Å². The van der Waals surface area contributed by atoms with Gasteiger partial charge in [0.15, 0.2) is 5.13 Å². The number of rotatable bonds is 2. The van der Waals surface area contributed by atoms with Crippen LogP contribution in [0.1, 0.15) is 0 Å². The van der Waals surface area contributed by atoms with Crippen molar-refractivity contribution >= 4 is 26.7 Å². The standard InChI is InChI=1S/C10H11N3S/c1-2-4-9-8(3-1)13-10(14-9)12-7-5-11-6-7/h1-4,7,11H,5-6H2,(H,12,13). The monoisotopic (exact) mass is 205 g/mol. The molecule has 0 aliphatic carbocycles. The Hall–Kier alpha value is -1.13. The number of hydrogen-bond acceptors (Lipinski definition) is 4. The molecule has 0 amide bonds. The van der Waals surface area contributed by atoms with Crippen molar-refractivity contribution in [3.63, 3.8) is 0 Å². The van der Waals surface area contributed by atoms with Gasteiger partial charge in [0, 0.05) is 13.1 Å². The Morgan fingerprint density at radius 2 is 2.21 bits per heavy atom. The van der Waals surface area contributed by atoms with Crippen LogP contribution in [-0.2, 0) is 0 Å². The summed E-state index contributed by atoms with van der Waals surface area (Å²) in [7, 11) is 0. The fourth-order valence-electron chi connectivity index (χ4n) is 1.50. The van der Waals surface area contributed by atoms with E-state index in [0.717, 1.165) is 23.7 Å². The topological polar surface area (TPSA) is 37.0 Å². The molecule has 1 aliphatic rings. The molecular weight excluding hydrogens is 194 g/mol. The van der Waals surface area contributed by atoms with E-state index in [1.54, 1.807) is 11.3 Å². The maximum absolute atomic E-state index is 4.51. The second-order valence-electron chi connectivity index (χ2n) is 3.49. The van der Waals surface area contributed by atoms with Crippen LogP contribution in [0.3, 0.4) is 0 Å². The summed E-state index contributed by atoms with van der Waals surface area (Å²) in [6.07, 6.45) is 0. The van der Waals surface area contributed by atoms with Crippen molar-refractivity contribution in [1.29, 1.82) is 0 Å². The molecule has 0 spiro atoms. The molecule has 2 heterocycles. The Bertz CT molecular complexity index is 414. The molecule has 14 heavy (non-hydrogen) atoms. The van der Waals surface area contributed by atoms with Crippen LogP contribution >= 0.6 is 11.3 Å². The summed E-state index contributed by atoms with van der Waals surface area (Å²) in [4.78, 5) is 4.51. The van der Waals surface area contributed by atoms with Gasteiger partial charge in [-0.15, -0.1) is 0 Å². The first-order chi connectivity index (χ1) is 6.92. The van der Waals surface area contributed by atoms with Crippen LogP contribution in [0.25, 0.3) is 10.2 Å². The number of fused-ring (bicyclic) bond motifs is 1. The lowest BCUT2D eigenvalue weighted by Gasteiger charge is -2.27. The summed E-state index contributed by atoms with van der Waals surface area (Å²) in [5.41, 5.74) is 1.09. The molecule has 4 heteroatoms. The fraction of sp³-hybridized carbons (Fsp3) is 0.300. The molecule has 3 nitrogen and oxygen atoms in total. The largest absolute Gasteiger partial charge is 0.356 e. The van der Waals surface area contributed by atoms with Crippen molar-refractivity contribution in [2.75, 3.05) is 18.4 Å². The number of anilines is 1. The van der Waals surface area contributed by atoms with Crippen LogP contribution in [0.5, 0.6) is 0 Å². The molecule has 1 aromatic heterocycles. The lowest BCUT2D eigenvalue weighted by molar-refractivity contribution is 0.472. The number of aromatic nitrogens is 1. The van der Waals surface area contributed by atoms with Gasteiger partial charge in [-0.25, -0.2) is 4.98 Å². The van der Waals surface area contributed by atoms with E-state index >= 15 is 0 Å². The van der Waals surface area contributed by atoms with E-state index in [9.17, 15) is 0 Å². The van der Waals surface area contributed by atoms with E-state index in [1.807, 2.05) is 6.07 Å². The van der Waals surface area contributed by atoms with Crippen LogP contribution in [0, 0.1) is 0 Å². The van der Waals surface area contributed by atoms with Crippen molar-refractivity contribution in [3.05, 3.63) is 24.3 Å². The first-order valence-electron chi connectivity index (χ1n) is 4.75. The molecule has 2 aromatic rings. The number of nitrogens with one attached hydrogen (secondary N) is 2. The second-order valence-corrected chi connectivity index (χ2v) is 4.52. The van der Waals surface area contributed by atoms with Gasteiger partial charge in [-0.05, 0) is 12.1 Å². The normalized spacial score (nSPS) is 16.9. The SMILES string of the molecule is c1ccc2sc(NC3CNC3)nc2c1.